The lowest BCUT2D eigenvalue weighted by molar-refractivity contribution is 0.1000. The van der Waals surface area contributed by atoms with Gasteiger partial charge in [-0.25, -0.2) is 8.78 Å². The number of nitrogens with two attached hydrogens (primary N) is 1. The lowest BCUT2D eigenvalue weighted by Gasteiger charge is -2.13. The molecule has 1 aliphatic rings. The molecule has 1 amide bonds. The van der Waals surface area contributed by atoms with E-state index >= 15 is 0 Å². The van der Waals surface area contributed by atoms with E-state index < -0.39 is 11.7 Å². The average Bonchev–Trinajstić information content (AvgIpc) is 3.09. The molecule has 0 unspecified atom stereocenters. The summed E-state index contributed by atoms with van der Waals surface area (Å²) < 4.78 is 28.4. The normalized spacial score (nSPS) is 13.0. The number of carbonyl (C=O) groups excluding carboxylic acids is 1. The van der Waals surface area contributed by atoms with Gasteiger partial charge in [-0.1, -0.05) is 36.4 Å². The van der Waals surface area contributed by atoms with Gasteiger partial charge in [-0.2, -0.15) is 0 Å². The van der Waals surface area contributed by atoms with Crippen LogP contribution in [0.2, 0.25) is 0 Å². The SMILES string of the molecule is Cl.NC(=O)c1cc(F)cc(-c2ccc(CNC3Cc4ccccc4C3)c(F)c2)c1. The molecule has 3 N–H and O–H groups in total. The van der Waals surface area contributed by atoms with Gasteiger partial charge < -0.3 is 11.1 Å². The van der Waals surface area contributed by atoms with Crippen molar-refractivity contribution in [2.75, 3.05) is 0 Å². The standard InChI is InChI=1S/C23H20F2N2O.ClH/c24-20-8-18(7-19(9-20)23(26)28)16-5-6-17(22(25)12-16)13-27-21-10-14-3-1-2-4-15(14)11-21;/h1-9,12,21,27H,10-11,13H2,(H2,26,28);1H. The smallest absolute Gasteiger partial charge is 0.248 e. The Morgan fingerprint density at radius 2 is 1.66 bits per heavy atom. The minimum absolute atomic E-state index is 0. The third-order valence-corrected chi connectivity index (χ3v) is 5.20. The van der Waals surface area contributed by atoms with Crippen LogP contribution in [0, 0.1) is 11.6 Å². The van der Waals surface area contributed by atoms with Crippen molar-refractivity contribution in [3.8, 4) is 11.1 Å². The molecule has 3 aromatic carbocycles. The fourth-order valence-electron chi connectivity index (χ4n) is 3.73. The van der Waals surface area contributed by atoms with E-state index in [0.717, 1.165) is 18.9 Å². The van der Waals surface area contributed by atoms with Crippen LogP contribution in [0.4, 0.5) is 8.78 Å². The average molecular weight is 415 g/mol. The van der Waals surface area contributed by atoms with Crippen molar-refractivity contribution in [2.24, 2.45) is 5.73 Å². The van der Waals surface area contributed by atoms with Crippen LogP contribution in [0.5, 0.6) is 0 Å². The van der Waals surface area contributed by atoms with Crippen LogP contribution >= 0.6 is 12.4 Å². The van der Waals surface area contributed by atoms with Crippen LogP contribution in [0.25, 0.3) is 11.1 Å². The molecule has 0 saturated heterocycles. The topological polar surface area (TPSA) is 55.1 Å². The van der Waals surface area contributed by atoms with Gasteiger partial charge in [0.25, 0.3) is 0 Å². The van der Waals surface area contributed by atoms with Crippen molar-refractivity contribution in [2.45, 2.75) is 25.4 Å². The predicted molar refractivity (Wildman–Crippen MR) is 112 cm³/mol. The van der Waals surface area contributed by atoms with E-state index in [4.69, 9.17) is 5.73 Å². The van der Waals surface area contributed by atoms with Gasteiger partial charge in [-0.05, 0) is 59.4 Å². The first-order valence-electron chi connectivity index (χ1n) is 9.19. The Morgan fingerprint density at radius 3 is 2.28 bits per heavy atom. The van der Waals surface area contributed by atoms with E-state index in [2.05, 4.69) is 17.4 Å². The lowest BCUT2D eigenvalue weighted by Crippen LogP contribution is -2.29. The summed E-state index contributed by atoms with van der Waals surface area (Å²) >= 11 is 0. The second-order valence-electron chi connectivity index (χ2n) is 7.15. The number of carbonyl (C=O) groups is 1. The molecule has 0 heterocycles. The minimum Gasteiger partial charge on any atom is -0.366 e. The molecule has 1 aliphatic carbocycles. The maximum absolute atomic E-state index is 14.6. The van der Waals surface area contributed by atoms with E-state index in [1.165, 1.54) is 29.3 Å². The van der Waals surface area contributed by atoms with Gasteiger partial charge in [0.05, 0.1) is 0 Å². The van der Waals surface area contributed by atoms with Crippen LogP contribution in [0.15, 0.2) is 60.7 Å². The number of benzene rings is 3. The quantitative estimate of drug-likeness (QED) is 0.649. The number of hydrogen-bond donors (Lipinski definition) is 2. The molecule has 0 spiro atoms. The molecule has 0 fully saturated rings. The number of amides is 1. The molecule has 0 aromatic heterocycles. The van der Waals surface area contributed by atoms with Crippen molar-refractivity contribution in [3.63, 3.8) is 0 Å². The maximum Gasteiger partial charge on any atom is 0.248 e. The van der Waals surface area contributed by atoms with E-state index in [9.17, 15) is 13.6 Å². The maximum atomic E-state index is 14.6. The molecule has 6 heteroatoms. The molecule has 0 bridgehead atoms. The van der Waals surface area contributed by atoms with Crippen molar-refractivity contribution in [3.05, 3.63) is 94.6 Å². The molecule has 3 nitrogen and oxygen atoms in total. The van der Waals surface area contributed by atoms with E-state index in [1.807, 2.05) is 12.1 Å². The van der Waals surface area contributed by atoms with Crippen molar-refractivity contribution in [1.82, 2.24) is 5.32 Å². The first-order valence-corrected chi connectivity index (χ1v) is 9.19. The lowest BCUT2D eigenvalue weighted by atomic mass is 10.0. The molecular formula is C23H21ClF2N2O. The highest BCUT2D eigenvalue weighted by Gasteiger charge is 2.20. The highest BCUT2D eigenvalue weighted by Crippen LogP contribution is 2.25. The fourth-order valence-corrected chi connectivity index (χ4v) is 3.73. The van der Waals surface area contributed by atoms with Crippen molar-refractivity contribution < 1.29 is 13.6 Å². The van der Waals surface area contributed by atoms with Crippen LogP contribution in [-0.4, -0.2) is 11.9 Å². The van der Waals surface area contributed by atoms with Gasteiger partial charge >= 0.3 is 0 Å². The number of fused-ring (bicyclic) bond motifs is 1. The summed E-state index contributed by atoms with van der Waals surface area (Å²) in [5.41, 5.74) is 9.42. The molecule has 0 radical (unpaired) electrons. The molecule has 150 valence electrons. The van der Waals surface area contributed by atoms with Crippen LogP contribution < -0.4 is 11.1 Å². The molecular weight excluding hydrogens is 394 g/mol. The number of halogens is 3. The molecule has 0 atom stereocenters. The fraction of sp³-hybridized carbons (Fsp3) is 0.174. The zero-order chi connectivity index (χ0) is 19.7. The van der Waals surface area contributed by atoms with Gasteiger partial charge in [0.1, 0.15) is 11.6 Å². The van der Waals surface area contributed by atoms with Gasteiger partial charge in [0.2, 0.25) is 5.91 Å². The molecule has 29 heavy (non-hydrogen) atoms. The Bertz CT molecular complexity index is 1030. The number of nitrogens with one attached hydrogen (secondary N) is 1. The highest BCUT2D eigenvalue weighted by atomic mass is 35.5. The van der Waals surface area contributed by atoms with Crippen LogP contribution in [0.3, 0.4) is 0 Å². The molecule has 0 aliphatic heterocycles. The minimum atomic E-state index is -0.723. The third kappa shape index (κ3) is 4.63. The van der Waals surface area contributed by atoms with Crippen molar-refractivity contribution in [1.29, 1.82) is 0 Å². The van der Waals surface area contributed by atoms with Gasteiger partial charge in [0.15, 0.2) is 0 Å². The number of rotatable bonds is 5. The summed E-state index contributed by atoms with van der Waals surface area (Å²) in [6.45, 7) is 0.417. The second kappa shape index (κ2) is 8.72. The van der Waals surface area contributed by atoms with Crippen LogP contribution in [0.1, 0.15) is 27.0 Å². The van der Waals surface area contributed by atoms with Gasteiger partial charge in [0, 0.05) is 23.7 Å². The summed E-state index contributed by atoms with van der Waals surface area (Å²) in [4.78, 5) is 11.3. The highest BCUT2D eigenvalue weighted by molar-refractivity contribution is 5.94. The summed E-state index contributed by atoms with van der Waals surface area (Å²) in [7, 11) is 0. The largest absolute Gasteiger partial charge is 0.366 e. The Balaban J connectivity index is 0.00000240. The zero-order valence-electron chi connectivity index (χ0n) is 15.6. The van der Waals surface area contributed by atoms with Crippen LogP contribution in [-0.2, 0) is 19.4 Å². The summed E-state index contributed by atoms with van der Waals surface area (Å²) in [6.07, 6.45) is 1.88. The number of primary amides is 1. The van der Waals surface area contributed by atoms with E-state index in [-0.39, 0.29) is 29.8 Å². The summed E-state index contributed by atoms with van der Waals surface area (Å²) in [5, 5.41) is 3.42. The Labute approximate surface area is 174 Å². The summed E-state index contributed by atoms with van der Waals surface area (Å²) in [6, 6.07) is 17.2. The van der Waals surface area contributed by atoms with Crippen molar-refractivity contribution >= 4 is 18.3 Å². The first-order chi connectivity index (χ1) is 13.5. The van der Waals surface area contributed by atoms with Gasteiger partial charge in [-0.15, -0.1) is 12.4 Å². The monoisotopic (exact) mass is 414 g/mol. The molecule has 0 saturated carbocycles. The Kier molecular flexibility index (Phi) is 6.30. The Hall–Kier alpha value is -2.76. The Morgan fingerprint density at radius 1 is 0.966 bits per heavy atom. The van der Waals surface area contributed by atoms with E-state index in [1.54, 1.807) is 12.1 Å². The van der Waals surface area contributed by atoms with Gasteiger partial charge in [-0.3, -0.25) is 4.79 Å². The molecule has 3 aromatic rings. The first kappa shape index (κ1) is 21.0. The second-order valence-corrected chi connectivity index (χ2v) is 7.15. The molecule has 4 rings (SSSR count). The number of hydrogen-bond acceptors (Lipinski definition) is 2. The predicted octanol–water partition coefficient (Wildman–Crippen LogP) is 4.41. The zero-order valence-corrected chi connectivity index (χ0v) is 16.4. The third-order valence-electron chi connectivity index (χ3n) is 5.20. The summed E-state index contributed by atoms with van der Waals surface area (Å²) in [5.74, 6) is -1.68. The van der Waals surface area contributed by atoms with E-state index in [0.29, 0.717) is 23.2 Å².